The van der Waals surface area contributed by atoms with E-state index in [0.717, 1.165) is 41.9 Å². The van der Waals surface area contributed by atoms with Gasteiger partial charge in [0, 0.05) is 31.7 Å². The van der Waals surface area contributed by atoms with Crippen molar-refractivity contribution in [1.29, 1.82) is 0 Å². The molecule has 3 aromatic rings. The van der Waals surface area contributed by atoms with E-state index in [4.69, 9.17) is 9.72 Å². The third-order valence-corrected chi connectivity index (χ3v) is 10.1. The van der Waals surface area contributed by atoms with Gasteiger partial charge in [-0.25, -0.2) is 13.4 Å². The third-order valence-electron chi connectivity index (χ3n) is 7.15. The molecule has 0 atom stereocenters. The summed E-state index contributed by atoms with van der Waals surface area (Å²) < 4.78 is 34.4. The molecule has 8 nitrogen and oxygen atoms in total. The van der Waals surface area contributed by atoms with Crippen LogP contribution in [0, 0.1) is 5.92 Å². The monoisotopic (exact) mass is 594 g/mol. The number of hydrogen-bond acceptors (Lipinski definition) is 7. The average Bonchev–Trinajstić information content (AvgIpc) is 3.34. The van der Waals surface area contributed by atoms with Gasteiger partial charge in [-0.2, -0.15) is 4.31 Å². The minimum Gasteiger partial charge on any atom is -0.494 e. The number of hydrogen-bond donors (Lipinski definition) is 0. The SMILES string of the molecule is CCOc1ccc2nc(N(CCN(CC)CC)C(=O)c3ccc(S(=O)(=O)N4CCC(C)CC4)cc3)sc2c1.Cl. The van der Waals surface area contributed by atoms with Gasteiger partial charge in [-0.3, -0.25) is 9.69 Å². The minimum atomic E-state index is -3.58. The number of fused-ring (bicyclic) bond motifs is 1. The van der Waals surface area contributed by atoms with Gasteiger partial charge in [0.25, 0.3) is 5.91 Å². The molecule has 39 heavy (non-hydrogen) atoms. The molecule has 2 aromatic carbocycles. The Labute approximate surface area is 242 Å². The minimum absolute atomic E-state index is 0. The summed E-state index contributed by atoms with van der Waals surface area (Å²) in [6.07, 6.45) is 1.73. The van der Waals surface area contributed by atoms with Crippen LogP contribution < -0.4 is 9.64 Å². The zero-order valence-corrected chi connectivity index (χ0v) is 25.6. The van der Waals surface area contributed by atoms with Crippen molar-refractivity contribution in [3.05, 3.63) is 48.0 Å². The molecule has 1 aliphatic heterocycles. The van der Waals surface area contributed by atoms with Crippen LogP contribution >= 0.6 is 23.7 Å². The van der Waals surface area contributed by atoms with Crippen LogP contribution in [-0.4, -0.2) is 74.4 Å². The van der Waals surface area contributed by atoms with Gasteiger partial charge in [0.2, 0.25) is 10.0 Å². The predicted octanol–water partition coefficient (Wildman–Crippen LogP) is 5.53. The first-order valence-electron chi connectivity index (χ1n) is 13.4. The van der Waals surface area contributed by atoms with Gasteiger partial charge in [-0.15, -0.1) is 12.4 Å². The Hall–Kier alpha value is -2.24. The number of nitrogens with zero attached hydrogens (tertiary/aromatic N) is 4. The molecule has 0 spiro atoms. The number of anilines is 1. The molecule has 4 rings (SSSR count). The van der Waals surface area contributed by atoms with Crippen molar-refractivity contribution in [2.24, 2.45) is 5.92 Å². The maximum atomic E-state index is 13.8. The quantitative estimate of drug-likeness (QED) is 0.290. The van der Waals surface area contributed by atoms with Crippen LogP contribution in [0.15, 0.2) is 47.4 Å². The Bertz CT molecular complexity index is 1340. The summed E-state index contributed by atoms with van der Waals surface area (Å²) in [7, 11) is -3.58. The van der Waals surface area contributed by atoms with Gasteiger partial charge in [-0.05, 0) is 81.2 Å². The molecule has 0 unspecified atom stereocenters. The lowest BCUT2D eigenvalue weighted by Gasteiger charge is -2.29. The molecule has 0 bridgehead atoms. The first kappa shape index (κ1) is 31.3. The van der Waals surface area contributed by atoms with E-state index in [1.807, 2.05) is 25.1 Å². The van der Waals surface area contributed by atoms with Gasteiger partial charge in [0.05, 0.1) is 21.7 Å². The zero-order valence-electron chi connectivity index (χ0n) is 23.1. The number of halogens is 1. The average molecular weight is 595 g/mol. The van der Waals surface area contributed by atoms with E-state index in [1.165, 1.54) is 11.3 Å². The molecule has 1 aliphatic rings. The van der Waals surface area contributed by atoms with Crippen molar-refractivity contribution in [2.75, 3.05) is 50.8 Å². The Morgan fingerprint density at radius 2 is 1.72 bits per heavy atom. The number of piperidine rings is 1. The van der Waals surface area contributed by atoms with E-state index < -0.39 is 10.0 Å². The van der Waals surface area contributed by atoms with Crippen molar-refractivity contribution < 1.29 is 17.9 Å². The first-order chi connectivity index (χ1) is 18.3. The summed E-state index contributed by atoms with van der Waals surface area (Å²) in [6.45, 7) is 12.9. The molecule has 1 fully saturated rings. The molecule has 2 heterocycles. The molecular formula is C28H39ClN4O4S2. The van der Waals surface area contributed by atoms with Gasteiger partial charge < -0.3 is 9.64 Å². The number of ether oxygens (including phenoxy) is 1. The molecule has 0 aliphatic carbocycles. The largest absolute Gasteiger partial charge is 0.494 e. The van der Waals surface area contributed by atoms with Crippen LogP contribution in [0.1, 0.15) is 50.9 Å². The van der Waals surface area contributed by atoms with Crippen LogP contribution in [0.25, 0.3) is 10.2 Å². The standard InChI is InChI=1S/C28H38N4O4S2.ClH/c1-5-30(6-2)18-19-32(28-29-25-13-10-23(36-7-3)20-26(25)37-28)27(33)22-8-11-24(12-9-22)38(34,35)31-16-14-21(4)15-17-31;/h8-13,20-21H,5-7,14-19H2,1-4H3;1H. The van der Waals surface area contributed by atoms with Crippen molar-refractivity contribution >= 4 is 55.0 Å². The van der Waals surface area contributed by atoms with Crippen molar-refractivity contribution in [3.8, 4) is 5.75 Å². The van der Waals surface area contributed by atoms with Crippen LogP contribution in [0.4, 0.5) is 5.13 Å². The first-order valence-corrected chi connectivity index (χ1v) is 15.7. The highest BCUT2D eigenvalue weighted by Crippen LogP contribution is 2.32. The Balaban J connectivity index is 0.00000420. The van der Waals surface area contributed by atoms with E-state index in [1.54, 1.807) is 33.5 Å². The van der Waals surface area contributed by atoms with Crippen LogP contribution in [-0.2, 0) is 10.0 Å². The summed E-state index contributed by atoms with van der Waals surface area (Å²) >= 11 is 1.45. The molecule has 11 heteroatoms. The van der Waals surface area contributed by atoms with Gasteiger partial charge in [0.1, 0.15) is 5.75 Å². The maximum absolute atomic E-state index is 13.8. The second-order valence-electron chi connectivity index (χ2n) is 9.65. The summed E-state index contributed by atoms with van der Waals surface area (Å²) in [4.78, 5) is 22.7. The summed E-state index contributed by atoms with van der Waals surface area (Å²) in [5.41, 5.74) is 1.25. The Kier molecular flexibility index (Phi) is 11.1. The lowest BCUT2D eigenvalue weighted by atomic mass is 10.0. The van der Waals surface area contributed by atoms with E-state index in [-0.39, 0.29) is 23.2 Å². The lowest BCUT2D eigenvalue weighted by Crippen LogP contribution is -2.39. The molecular weight excluding hydrogens is 556 g/mol. The molecule has 0 radical (unpaired) electrons. The fourth-order valence-electron chi connectivity index (χ4n) is 4.63. The van der Waals surface area contributed by atoms with E-state index >= 15 is 0 Å². The molecule has 0 N–H and O–H groups in total. The number of likely N-dealkylation sites (N-methyl/N-ethyl adjacent to an activating group) is 1. The molecule has 214 valence electrons. The predicted molar refractivity (Wildman–Crippen MR) is 161 cm³/mol. The molecule has 1 amide bonds. The third kappa shape index (κ3) is 7.29. The van der Waals surface area contributed by atoms with Crippen LogP contribution in [0.2, 0.25) is 0 Å². The van der Waals surface area contributed by atoms with Gasteiger partial charge >= 0.3 is 0 Å². The second kappa shape index (κ2) is 13.9. The highest BCUT2D eigenvalue weighted by Gasteiger charge is 2.29. The molecule has 0 saturated carbocycles. The fraction of sp³-hybridized carbons (Fsp3) is 0.500. The topological polar surface area (TPSA) is 83.0 Å². The van der Waals surface area contributed by atoms with E-state index in [2.05, 4.69) is 25.7 Å². The number of benzene rings is 2. The highest BCUT2D eigenvalue weighted by atomic mass is 35.5. The lowest BCUT2D eigenvalue weighted by molar-refractivity contribution is 0.0983. The normalized spacial score (nSPS) is 14.9. The number of carbonyl (C=O) groups excluding carboxylic acids is 1. The Morgan fingerprint density at radius 1 is 1.05 bits per heavy atom. The smallest absolute Gasteiger partial charge is 0.260 e. The number of thiazole rings is 1. The van der Waals surface area contributed by atoms with E-state index in [0.29, 0.717) is 49.4 Å². The zero-order chi connectivity index (χ0) is 27.3. The van der Waals surface area contributed by atoms with Gasteiger partial charge in [-0.1, -0.05) is 32.1 Å². The Morgan fingerprint density at radius 3 is 2.33 bits per heavy atom. The molecule has 1 aromatic heterocycles. The summed E-state index contributed by atoms with van der Waals surface area (Å²) in [5.74, 6) is 1.12. The number of aromatic nitrogens is 1. The highest BCUT2D eigenvalue weighted by molar-refractivity contribution is 7.89. The van der Waals surface area contributed by atoms with Crippen molar-refractivity contribution in [3.63, 3.8) is 0 Å². The van der Waals surface area contributed by atoms with Crippen molar-refractivity contribution in [1.82, 2.24) is 14.2 Å². The number of sulfonamides is 1. The summed E-state index contributed by atoms with van der Waals surface area (Å²) in [6, 6.07) is 12.1. The maximum Gasteiger partial charge on any atom is 0.260 e. The van der Waals surface area contributed by atoms with Crippen LogP contribution in [0.3, 0.4) is 0 Å². The van der Waals surface area contributed by atoms with Gasteiger partial charge in [0.15, 0.2) is 5.13 Å². The number of amides is 1. The fourth-order valence-corrected chi connectivity index (χ4v) is 7.12. The van der Waals surface area contributed by atoms with Crippen LogP contribution in [0.5, 0.6) is 5.75 Å². The molecule has 1 saturated heterocycles. The number of carbonyl (C=O) groups is 1. The summed E-state index contributed by atoms with van der Waals surface area (Å²) in [5, 5.41) is 0.616. The number of rotatable bonds is 11. The second-order valence-corrected chi connectivity index (χ2v) is 12.6. The van der Waals surface area contributed by atoms with E-state index in [9.17, 15) is 13.2 Å². The van der Waals surface area contributed by atoms with Crippen molar-refractivity contribution in [2.45, 2.75) is 45.4 Å².